The van der Waals surface area contributed by atoms with Gasteiger partial charge in [-0.25, -0.2) is 14.1 Å². The van der Waals surface area contributed by atoms with E-state index in [9.17, 15) is 14.7 Å². The second-order valence-corrected chi connectivity index (χ2v) is 16.0. The lowest BCUT2D eigenvalue weighted by Gasteiger charge is -2.29. The zero-order chi connectivity index (χ0) is 37.7. The number of nitriles is 1. The van der Waals surface area contributed by atoms with Crippen LogP contribution in [0.2, 0.25) is 5.02 Å². The van der Waals surface area contributed by atoms with Gasteiger partial charge in [0.15, 0.2) is 5.82 Å². The summed E-state index contributed by atoms with van der Waals surface area (Å²) in [5.74, 6) is 0.388. The Hall–Kier alpha value is -2.55. The lowest BCUT2D eigenvalue weighted by molar-refractivity contribution is -0.0495. The van der Waals surface area contributed by atoms with Gasteiger partial charge in [-0.2, -0.15) is 10.4 Å². The molecule has 3 rings (SSSR count). The summed E-state index contributed by atoms with van der Waals surface area (Å²) in [6.07, 6.45) is 21.7. The van der Waals surface area contributed by atoms with E-state index in [2.05, 4.69) is 23.1 Å². The van der Waals surface area contributed by atoms with Gasteiger partial charge in [0.1, 0.15) is 11.8 Å². The van der Waals surface area contributed by atoms with Crippen LogP contribution in [0.4, 0.5) is 5.82 Å². The van der Waals surface area contributed by atoms with E-state index in [0.29, 0.717) is 41.2 Å². The number of hydrogen-bond donors (Lipinski definition) is 2. The number of rotatable bonds is 29. The molecule has 0 saturated carbocycles. The van der Waals surface area contributed by atoms with Crippen molar-refractivity contribution < 1.29 is 28.0 Å². The molecule has 2 heterocycles. The average molecular weight is 762 g/mol. The number of nitrogen functional groups attached to an aromatic ring is 1. The molecule has 290 valence electrons. The Balaban J connectivity index is 1.43. The zero-order valence-corrected chi connectivity index (χ0v) is 33.2. The Kier molecular flexibility index (Phi) is 20.2. The molecule has 52 heavy (non-hydrogen) atoms. The molecule has 0 aliphatic heterocycles. The minimum Gasteiger partial charge on any atom is -0.382 e. The third-order valence-corrected chi connectivity index (χ3v) is 10.8. The maximum Gasteiger partial charge on any atom is 0.472 e. The van der Waals surface area contributed by atoms with Crippen molar-refractivity contribution in [2.24, 2.45) is 0 Å². The topological polar surface area (TPSA) is 154 Å². The molecule has 11 nitrogen and oxygen atoms in total. The fourth-order valence-corrected chi connectivity index (χ4v) is 7.35. The molecule has 0 amide bonds. The highest BCUT2D eigenvalue weighted by atomic mass is 35.5. The quantitative estimate of drug-likeness (QED) is 0.0516. The van der Waals surface area contributed by atoms with Crippen molar-refractivity contribution >= 4 is 30.8 Å². The first kappa shape index (κ1) is 43.9. The Morgan fingerprint density at radius 3 is 2.23 bits per heavy atom. The first-order valence-corrected chi connectivity index (χ1v) is 21.0. The van der Waals surface area contributed by atoms with Crippen LogP contribution in [0.3, 0.4) is 0 Å². The van der Waals surface area contributed by atoms with Gasteiger partial charge in [0.25, 0.3) is 0 Å². The summed E-state index contributed by atoms with van der Waals surface area (Å²) >= 11 is 6.20. The van der Waals surface area contributed by atoms with Crippen molar-refractivity contribution in [2.75, 3.05) is 26.1 Å². The Bertz CT molecular complexity index is 1550. The monoisotopic (exact) mass is 761 g/mol. The number of nitrogens with two attached hydrogens (primary N) is 1. The SMILES string of the molecule is CCCCCCCCCCCCCCCCC[C@H](COP(=O)(O)OC[C@](C)(CCc1ccc2c(N)ncnn12)OC)OCc1cc(Cl)cc(C#N)c1. The van der Waals surface area contributed by atoms with E-state index < -0.39 is 19.5 Å². The Morgan fingerprint density at radius 2 is 1.62 bits per heavy atom. The van der Waals surface area contributed by atoms with Gasteiger partial charge in [-0.3, -0.25) is 9.05 Å². The van der Waals surface area contributed by atoms with Crippen LogP contribution in [-0.2, 0) is 36.1 Å². The van der Waals surface area contributed by atoms with E-state index >= 15 is 0 Å². The first-order valence-electron chi connectivity index (χ1n) is 19.1. The summed E-state index contributed by atoms with van der Waals surface area (Å²) in [4.78, 5) is 14.7. The molecule has 3 atom stereocenters. The number of methoxy groups -OCH3 is 1. The molecule has 0 fully saturated rings. The number of ether oxygens (including phenoxy) is 2. The van der Waals surface area contributed by atoms with E-state index in [4.69, 9.17) is 35.9 Å². The number of nitrogens with zero attached hydrogens (tertiary/aromatic N) is 4. The predicted molar refractivity (Wildman–Crippen MR) is 207 cm³/mol. The van der Waals surface area contributed by atoms with E-state index in [1.165, 1.54) is 90.5 Å². The summed E-state index contributed by atoms with van der Waals surface area (Å²) in [7, 11) is -2.90. The number of aromatic nitrogens is 3. The van der Waals surface area contributed by atoms with Crippen LogP contribution >= 0.6 is 19.4 Å². The second kappa shape index (κ2) is 24.0. The van der Waals surface area contributed by atoms with Crippen molar-refractivity contribution in [3.05, 3.63) is 58.5 Å². The van der Waals surface area contributed by atoms with Crippen LogP contribution in [0.25, 0.3) is 5.52 Å². The van der Waals surface area contributed by atoms with Gasteiger partial charge in [0.05, 0.1) is 43.2 Å². The molecular weight excluding hydrogens is 701 g/mol. The highest BCUT2D eigenvalue weighted by Gasteiger charge is 2.31. The Labute approximate surface area is 316 Å². The third-order valence-electron chi connectivity index (χ3n) is 9.62. The van der Waals surface area contributed by atoms with Gasteiger partial charge in [-0.05, 0) is 62.1 Å². The van der Waals surface area contributed by atoms with Crippen LogP contribution in [0, 0.1) is 11.3 Å². The molecule has 0 aliphatic carbocycles. The average Bonchev–Trinajstić information content (AvgIpc) is 3.56. The van der Waals surface area contributed by atoms with E-state index in [1.54, 1.807) is 22.7 Å². The molecule has 0 saturated heterocycles. The van der Waals surface area contributed by atoms with Crippen molar-refractivity contribution in [2.45, 2.75) is 148 Å². The normalized spacial score (nSPS) is 14.6. The van der Waals surface area contributed by atoms with Crippen LogP contribution in [0.1, 0.15) is 140 Å². The molecule has 3 aromatic rings. The van der Waals surface area contributed by atoms with Crippen molar-refractivity contribution in [1.82, 2.24) is 14.6 Å². The number of benzene rings is 1. The van der Waals surface area contributed by atoms with Crippen molar-refractivity contribution in [3.8, 4) is 6.07 Å². The Morgan fingerprint density at radius 1 is 0.981 bits per heavy atom. The summed E-state index contributed by atoms with van der Waals surface area (Å²) in [5.41, 5.74) is 7.88. The number of phosphoric acid groups is 1. The van der Waals surface area contributed by atoms with Crippen LogP contribution in [0.15, 0.2) is 36.7 Å². The molecule has 0 spiro atoms. The van der Waals surface area contributed by atoms with Crippen molar-refractivity contribution in [3.63, 3.8) is 0 Å². The summed E-state index contributed by atoms with van der Waals surface area (Å²) in [6.45, 7) is 3.97. The molecule has 0 bridgehead atoms. The smallest absolute Gasteiger partial charge is 0.382 e. The zero-order valence-electron chi connectivity index (χ0n) is 31.6. The molecule has 1 aromatic carbocycles. The van der Waals surface area contributed by atoms with E-state index in [1.807, 2.05) is 19.1 Å². The minimum absolute atomic E-state index is 0.126. The van der Waals surface area contributed by atoms with Crippen LogP contribution < -0.4 is 5.73 Å². The van der Waals surface area contributed by atoms with Gasteiger partial charge in [-0.15, -0.1) is 0 Å². The number of fused-ring (bicyclic) bond motifs is 1. The number of hydrogen-bond acceptors (Lipinski definition) is 9. The highest BCUT2D eigenvalue weighted by Crippen LogP contribution is 2.45. The lowest BCUT2D eigenvalue weighted by atomic mass is 10.00. The van der Waals surface area contributed by atoms with Gasteiger partial charge in [-0.1, -0.05) is 115 Å². The third kappa shape index (κ3) is 16.6. The summed E-state index contributed by atoms with van der Waals surface area (Å²) < 4.78 is 37.6. The number of aryl methyl sites for hydroxylation is 1. The second-order valence-electron chi connectivity index (χ2n) is 14.1. The number of phosphoric ester groups is 1. The molecule has 1 unspecified atom stereocenters. The van der Waals surface area contributed by atoms with Gasteiger partial charge >= 0.3 is 7.82 Å². The number of halogens is 1. The van der Waals surface area contributed by atoms with Gasteiger partial charge in [0.2, 0.25) is 0 Å². The lowest BCUT2D eigenvalue weighted by Crippen LogP contribution is -2.34. The maximum absolute atomic E-state index is 13.1. The van der Waals surface area contributed by atoms with Gasteiger partial charge < -0.3 is 20.1 Å². The first-order chi connectivity index (χ1) is 25.1. The largest absolute Gasteiger partial charge is 0.472 e. The van der Waals surface area contributed by atoms with Crippen LogP contribution in [-0.4, -0.2) is 51.5 Å². The number of unbranched alkanes of at least 4 members (excludes halogenated alkanes) is 14. The number of anilines is 1. The van der Waals surface area contributed by atoms with Gasteiger partial charge in [0, 0.05) is 17.8 Å². The molecular formula is C39H61ClN5O6P. The molecule has 2 aromatic heterocycles. The fourth-order valence-electron chi connectivity index (χ4n) is 6.23. The maximum atomic E-state index is 13.1. The molecule has 3 N–H and O–H groups in total. The molecule has 13 heteroatoms. The van der Waals surface area contributed by atoms with Crippen molar-refractivity contribution in [1.29, 1.82) is 5.26 Å². The fraction of sp³-hybridized carbons (Fsp3) is 0.667. The molecule has 0 radical (unpaired) electrons. The molecule has 0 aliphatic rings. The predicted octanol–water partition coefficient (Wildman–Crippen LogP) is 10.2. The minimum atomic E-state index is -4.44. The van der Waals surface area contributed by atoms with E-state index in [-0.39, 0.29) is 19.8 Å². The summed E-state index contributed by atoms with van der Waals surface area (Å²) in [5, 5.41) is 14.1. The van der Waals surface area contributed by atoms with Crippen LogP contribution in [0.5, 0.6) is 0 Å². The highest BCUT2D eigenvalue weighted by molar-refractivity contribution is 7.47. The standard InChI is InChI=1S/C39H61ClN5O6P/c1-4-5-6-7-8-9-10-11-12-13-14-15-16-17-18-19-36(49-28-33-24-32(27-41)25-34(40)26-33)29-50-52(46,47)51-30-39(2,48-3)23-22-35-20-21-37-38(42)43-31-44-45(35)37/h20-21,24-26,31,36H,4-19,22-23,28-30H2,1-3H3,(H,46,47)(H2,42,43,44)/t36-,39+/m1/s1. The van der Waals surface area contributed by atoms with E-state index in [0.717, 1.165) is 30.5 Å². The summed E-state index contributed by atoms with van der Waals surface area (Å²) in [6, 6.07) is 11.0.